The van der Waals surface area contributed by atoms with Crippen molar-refractivity contribution in [2.75, 3.05) is 0 Å². The van der Waals surface area contributed by atoms with Crippen molar-refractivity contribution in [2.45, 2.75) is 58.5 Å². The molecule has 1 aromatic rings. The maximum Gasteiger partial charge on any atom is 0.255 e. The highest BCUT2D eigenvalue weighted by Crippen LogP contribution is 2.28. The van der Waals surface area contributed by atoms with Gasteiger partial charge in [-0.3, -0.25) is 4.79 Å². The number of aryl methyl sites for hydroxylation is 1. The van der Waals surface area contributed by atoms with Crippen LogP contribution in [-0.2, 0) is 0 Å². The summed E-state index contributed by atoms with van der Waals surface area (Å²) in [6.07, 6.45) is 4.83. The van der Waals surface area contributed by atoms with Crippen LogP contribution in [0.15, 0.2) is 18.2 Å². The predicted molar refractivity (Wildman–Crippen MR) is 87.5 cm³/mol. The zero-order valence-electron chi connectivity index (χ0n) is 11.9. The largest absolute Gasteiger partial charge is 0.333 e. The molecule has 0 aliphatic heterocycles. The summed E-state index contributed by atoms with van der Waals surface area (Å²) in [5, 5.41) is 0. The fourth-order valence-electron chi connectivity index (χ4n) is 2.96. The summed E-state index contributed by atoms with van der Waals surface area (Å²) in [5.41, 5.74) is 2.04. The molecule has 0 saturated heterocycles. The summed E-state index contributed by atoms with van der Waals surface area (Å²) >= 11 is 2.29. The Morgan fingerprint density at radius 3 is 2.53 bits per heavy atom. The summed E-state index contributed by atoms with van der Waals surface area (Å²) in [4.78, 5) is 15.0. The van der Waals surface area contributed by atoms with Crippen LogP contribution in [0.4, 0.5) is 0 Å². The van der Waals surface area contributed by atoms with Crippen molar-refractivity contribution < 1.29 is 4.79 Å². The maximum absolute atomic E-state index is 12.9. The van der Waals surface area contributed by atoms with Crippen LogP contribution in [0.3, 0.4) is 0 Å². The second kappa shape index (κ2) is 6.25. The molecule has 0 radical (unpaired) electrons. The lowest BCUT2D eigenvalue weighted by Crippen LogP contribution is -2.44. The Bertz CT molecular complexity index is 464. The molecule has 2 rings (SSSR count). The fraction of sp³-hybridized carbons (Fsp3) is 0.562. The third-order valence-corrected chi connectivity index (χ3v) is 5.36. The molecule has 104 valence electrons. The van der Waals surface area contributed by atoms with E-state index in [2.05, 4.69) is 54.3 Å². The van der Waals surface area contributed by atoms with Gasteiger partial charge in [-0.15, -0.1) is 0 Å². The number of carbonyl (C=O) groups is 1. The van der Waals surface area contributed by atoms with Crippen LogP contribution in [0.5, 0.6) is 0 Å². The van der Waals surface area contributed by atoms with E-state index in [1.165, 1.54) is 18.4 Å². The third kappa shape index (κ3) is 3.12. The summed E-state index contributed by atoms with van der Waals surface area (Å²) in [7, 11) is 0. The SMILES string of the molecule is Cc1cccc(C(=O)N(C(C)C)C2CCCC2)c1I. The summed E-state index contributed by atoms with van der Waals surface area (Å²) in [6.45, 7) is 6.31. The molecule has 2 nitrogen and oxygen atoms in total. The highest BCUT2D eigenvalue weighted by molar-refractivity contribution is 14.1. The van der Waals surface area contributed by atoms with Crippen molar-refractivity contribution in [1.82, 2.24) is 4.90 Å². The monoisotopic (exact) mass is 371 g/mol. The van der Waals surface area contributed by atoms with Crippen molar-refractivity contribution in [2.24, 2.45) is 0 Å². The van der Waals surface area contributed by atoms with Gasteiger partial charge in [-0.1, -0.05) is 25.0 Å². The van der Waals surface area contributed by atoms with Gasteiger partial charge in [0.15, 0.2) is 0 Å². The molecule has 0 spiro atoms. The van der Waals surface area contributed by atoms with Crippen LogP contribution in [0.1, 0.15) is 55.5 Å². The van der Waals surface area contributed by atoms with Gasteiger partial charge in [-0.05, 0) is 67.8 Å². The number of carbonyl (C=O) groups excluding carboxylic acids is 1. The van der Waals surface area contributed by atoms with Crippen molar-refractivity contribution in [3.05, 3.63) is 32.9 Å². The van der Waals surface area contributed by atoms with Crippen molar-refractivity contribution in [1.29, 1.82) is 0 Å². The molecule has 1 aromatic carbocycles. The quantitative estimate of drug-likeness (QED) is 0.722. The number of benzene rings is 1. The van der Waals surface area contributed by atoms with E-state index in [1.54, 1.807) is 0 Å². The number of nitrogens with zero attached hydrogens (tertiary/aromatic N) is 1. The Hall–Kier alpha value is -0.580. The van der Waals surface area contributed by atoms with E-state index in [0.29, 0.717) is 6.04 Å². The second-order valence-corrected chi connectivity index (χ2v) is 6.76. The molecule has 1 fully saturated rings. The smallest absolute Gasteiger partial charge is 0.255 e. The van der Waals surface area contributed by atoms with Crippen molar-refractivity contribution in [3.8, 4) is 0 Å². The molecule has 1 amide bonds. The van der Waals surface area contributed by atoms with Gasteiger partial charge in [-0.2, -0.15) is 0 Å². The molecule has 0 aromatic heterocycles. The zero-order valence-corrected chi connectivity index (χ0v) is 14.1. The topological polar surface area (TPSA) is 20.3 Å². The molecule has 1 aliphatic rings. The van der Waals surface area contributed by atoms with E-state index in [-0.39, 0.29) is 11.9 Å². The molecule has 1 aliphatic carbocycles. The average Bonchev–Trinajstić information content (AvgIpc) is 2.86. The first-order valence-corrected chi connectivity index (χ1v) is 8.18. The minimum atomic E-state index is 0.204. The van der Waals surface area contributed by atoms with E-state index >= 15 is 0 Å². The number of rotatable bonds is 3. The van der Waals surface area contributed by atoms with Gasteiger partial charge in [0.1, 0.15) is 0 Å². The molecule has 1 saturated carbocycles. The van der Waals surface area contributed by atoms with Gasteiger partial charge < -0.3 is 4.90 Å². The zero-order chi connectivity index (χ0) is 14.0. The first-order valence-electron chi connectivity index (χ1n) is 7.10. The first-order chi connectivity index (χ1) is 9.02. The van der Waals surface area contributed by atoms with E-state index in [1.807, 2.05) is 12.1 Å². The molecule has 0 atom stereocenters. The standard InChI is InChI=1S/C16H22INO/c1-11(2)18(13-8-4-5-9-13)16(19)14-10-6-7-12(3)15(14)17/h6-7,10-11,13H,4-5,8-9H2,1-3H3. The lowest BCUT2D eigenvalue weighted by molar-refractivity contribution is 0.0612. The van der Waals surface area contributed by atoms with Crippen LogP contribution in [0.2, 0.25) is 0 Å². The first kappa shape index (κ1) is 14.8. The van der Waals surface area contributed by atoms with E-state index < -0.39 is 0 Å². The summed E-state index contributed by atoms with van der Waals surface area (Å²) < 4.78 is 1.09. The highest BCUT2D eigenvalue weighted by atomic mass is 127. The minimum absolute atomic E-state index is 0.204. The number of hydrogen-bond donors (Lipinski definition) is 0. The summed E-state index contributed by atoms with van der Waals surface area (Å²) in [5.74, 6) is 0.204. The Morgan fingerprint density at radius 2 is 1.95 bits per heavy atom. The third-order valence-electron chi connectivity index (χ3n) is 3.93. The van der Waals surface area contributed by atoms with Gasteiger partial charge >= 0.3 is 0 Å². The molecule has 0 bridgehead atoms. The van der Waals surface area contributed by atoms with Crippen LogP contribution in [0.25, 0.3) is 0 Å². The molecule has 0 heterocycles. The fourth-order valence-corrected chi connectivity index (χ4v) is 3.55. The van der Waals surface area contributed by atoms with Crippen molar-refractivity contribution in [3.63, 3.8) is 0 Å². The Morgan fingerprint density at radius 1 is 1.32 bits per heavy atom. The predicted octanol–water partition coefficient (Wildman–Crippen LogP) is 4.39. The number of hydrogen-bond acceptors (Lipinski definition) is 1. The molecule has 0 N–H and O–H groups in total. The van der Waals surface area contributed by atoms with Gasteiger partial charge in [0.25, 0.3) is 5.91 Å². The van der Waals surface area contributed by atoms with Crippen LogP contribution in [0, 0.1) is 10.5 Å². The normalized spacial score (nSPS) is 16.1. The minimum Gasteiger partial charge on any atom is -0.333 e. The maximum atomic E-state index is 12.9. The molecular formula is C16H22INO. The molecular weight excluding hydrogens is 349 g/mol. The number of halogens is 1. The van der Waals surface area contributed by atoms with E-state index in [4.69, 9.17) is 0 Å². The van der Waals surface area contributed by atoms with E-state index in [0.717, 1.165) is 22.0 Å². The summed E-state index contributed by atoms with van der Waals surface area (Å²) in [6, 6.07) is 6.71. The average molecular weight is 371 g/mol. The number of amides is 1. The molecule has 19 heavy (non-hydrogen) atoms. The highest BCUT2D eigenvalue weighted by Gasteiger charge is 2.30. The molecule has 0 unspecified atom stereocenters. The second-order valence-electron chi connectivity index (χ2n) is 5.68. The van der Waals surface area contributed by atoms with Crippen LogP contribution in [-0.4, -0.2) is 22.9 Å². The van der Waals surface area contributed by atoms with E-state index in [9.17, 15) is 4.79 Å². The lowest BCUT2D eigenvalue weighted by Gasteiger charge is -2.33. The lowest BCUT2D eigenvalue weighted by atomic mass is 10.1. The van der Waals surface area contributed by atoms with Gasteiger partial charge in [0.2, 0.25) is 0 Å². The Kier molecular flexibility index (Phi) is 4.87. The molecule has 3 heteroatoms. The van der Waals surface area contributed by atoms with Gasteiger partial charge in [-0.25, -0.2) is 0 Å². The van der Waals surface area contributed by atoms with Crippen molar-refractivity contribution >= 4 is 28.5 Å². The Labute approximate surface area is 129 Å². The van der Waals surface area contributed by atoms with Gasteiger partial charge in [0.05, 0.1) is 5.56 Å². The van der Waals surface area contributed by atoms with Crippen LogP contribution >= 0.6 is 22.6 Å². The van der Waals surface area contributed by atoms with Gasteiger partial charge in [0, 0.05) is 15.7 Å². The van der Waals surface area contributed by atoms with Crippen LogP contribution < -0.4 is 0 Å². The Balaban J connectivity index is 2.31.